The van der Waals surface area contributed by atoms with Crippen LogP contribution in [0.2, 0.25) is 0 Å². The molecule has 1 amide bonds. The summed E-state index contributed by atoms with van der Waals surface area (Å²) in [5.41, 5.74) is 0.909. The molecule has 0 aliphatic heterocycles. The third kappa shape index (κ3) is 2.77. The van der Waals surface area contributed by atoms with E-state index in [1.54, 1.807) is 0 Å². The van der Waals surface area contributed by atoms with Crippen molar-refractivity contribution < 1.29 is 14.7 Å². The maximum Gasteiger partial charge on any atom is 0.337 e. The normalized spacial score (nSPS) is 15.6. The van der Waals surface area contributed by atoms with Crippen molar-refractivity contribution in [3.05, 3.63) is 65.5 Å². The van der Waals surface area contributed by atoms with E-state index in [1.807, 2.05) is 18.2 Å². The molecule has 0 atom stereocenters. The molecule has 2 N–H and O–H groups in total. The number of carbonyl (C=O) groups excluding carboxylic acids is 1. The lowest BCUT2D eigenvalue weighted by Gasteiger charge is -2.36. The highest BCUT2D eigenvalue weighted by molar-refractivity contribution is 5.97. The molecule has 3 rings (SSSR count). The van der Waals surface area contributed by atoms with Crippen LogP contribution in [0.1, 0.15) is 53.0 Å². The molecule has 1 aromatic heterocycles. The van der Waals surface area contributed by atoms with Crippen LogP contribution < -0.4 is 5.32 Å². The molecule has 5 heteroatoms. The number of carboxylic acid groups (broad SMARTS) is 1. The van der Waals surface area contributed by atoms with Crippen molar-refractivity contribution in [2.75, 3.05) is 0 Å². The van der Waals surface area contributed by atoms with Crippen LogP contribution in [-0.2, 0) is 5.41 Å². The second-order valence-corrected chi connectivity index (χ2v) is 6.79. The van der Waals surface area contributed by atoms with Crippen molar-refractivity contribution >= 4 is 11.9 Å². The van der Waals surface area contributed by atoms with Crippen LogP contribution in [-0.4, -0.2) is 27.5 Å². The van der Waals surface area contributed by atoms with Gasteiger partial charge in [-0.25, -0.2) is 4.79 Å². The molecule has 0 radical (unpaired) electrons. The Balaban J connectivity index is 1.84. The van der Waals surface area contributed by atoms with E-state index in [4.69, 9.17) is 5.11 Å². The molecule has 2 aromatic rings. The Labute approximate surface area is 140 Å². The zero-order valence-electron chi connectivity index (χ0n) is 13.7. The molecule has 1 aliphatic carbocycles. The Morgan fingerprint density at radius 2 is 1.75 bits per heavy atom. The fraction of sp³-hybridized carbons (Fsp3) is 0.316. The van der Waals surface area contributed by atoms with Gasteiger partial charge in [-0.05, 0) is 24.5 Å². The van der Waals surface area contributed by atoms with Crippen LogP contribution in [0.3, 0.4) is 0 Å². The lowest BCUT2D eigenvalue weighted by Crippen LogP contribution is -2.50. The van der Waals surface area contributed by atoms with E-state index in [9.17, 15) is 9.59 Å². The molecule has 0 saturated heterocycles. The van der Waals surface area contributed by atoms with Crippen LogP contribution in [0.4, 0.5) is 0 Å². The predicted molar refractivity (Wildman–Crippen MR) is 90.1 cm³/mol. The van der Waals surface area contributed by atoms with Crippen molar-refractivity contribution in [1.29, 1.82) is 0 Å². The minimum atomic E-state index is -1.09. The molecule has 1 fully saturated rings. The number of aromatic nitrogens is 1. The van der Waals surface area contributed by atoms with E-state index < -0.39 is 5.97 Å². The summed E-state index contributed by atoms with van der Waals surface area (Å²) in [7, 11) is 0. The lowest BCUT2D eigenvalue weighted by molar-refractivity contribution is 0.0696. The molecule has 5 nitrogen and oxygen atoms in total. The van der Waals surface area contributed by atoms with Crippen LogP contribution >= 0.6 is 0 Å². The van der Waals surface area contributed by atoms with Crippen LogP contribution in [0.15, 0.2) is 48.8 Å². The Kier molecular flexibility index (Phi) is 3.87. The van der Waals surface area contributed by atoms with Gasteiger partial charge in [-0.3, -0.25) is 9.78 Å². The number of nitrogens with one attached hydrogen (secondary N) is 1. The van der Waals surface area contributed by atoms with Crippen molar-refractivity contribution in [2.45, 2.75) is 37.6 Å². The van der Waals surface area contributed by atoms with E-state index in [0.717, 1.165) is 12.8 Å². The minimum Gasteiger partial charge on any atom is -0.478 e. The number of hydrogen-bond acceptors (Lipinski definition) is 3. The van der Waals surface area contributed by atoms with Gasteiger partial charge in [-0.2, -0.15) is 0 Å². The summed E-state index contributed by atoms with van der Waals surface area (Å²) < 4.78 is 0. The number of rotatable bonds is 5. The molecule has 1 aliphatic rings. The average Bonchev–Trinajstić information content (AvgIpc) is 3.37. The summed E-state index contributed by atoms with van der Waals surface area (Å²) in [6, 6.07) is 11.5. The van der Waals surface area contributed by atoms with Crippen LogP contribution in [0.25, 0.3) is 0 Å². The standard InChI is InChI=1S/C19H20N2O3/c1-18(2,15-6-4-3-5-7-15)19(8-9-19)21-16(22)13-10-14(17(23)24)12-20-11-13/h3-7,10-12H,8-9H2,1-2H3,(H,21,22)(H,23,24). The van der Waals surface area contributed by atoms with Gasteiger partial charge in [0.1, 0.15) is 0 Å². The number of pyridine rings is 1. The van der Waals surface area contributed by atoms with E-state index in [2.05, 4.69) is 36.3 Å². The summed E-state index contributed by atoms with van der Waals surface area (Å²) in [5, 5.41) is 12.2. The summed E-state index contributed by atoms with van der Waals surface area (Å²) in [6.07, 6.45) is 4.42. The Morgan fingerprint density at radius 3 is 2.33 bits per heavy atom. The molecule has 1 aromatic carbocycles. The number of carbonyl (C=O) groups is 2. The molecule has 124 valence electrons. The number of carboxylic acids is 1. The average molecular weight is 324 g/mol. The maximum absolute atomic E-state index is 12.6. The molecule has 0 unspecified atom stereocenters. The first kappa shape index (κ1) is 16.2. The Hall–Kier alpha value is -2.69. The summed E-state index contributed by atoms with van der Waals surface area (Å²) in [6.45, 7) is 4.25. The topological polar surface area (TPSA) is 79.3 Å². The molecular formula is C19H20N2O3. The molecule has 24 heavy (non-hydrogen) atoms. The van der Waals surface area contributed by atoms with Crippen LogP contribution in [0, 0.1) is 0 Å². The smallest absolute Gasteiger partial charge is 0.337 e. The quantitative estimate of drug-likeness (QED) is 0.886. The van der Waals surface area contributed by atoms with Gasteiger partial charge >= 0.3 is 5.97 Å². The first-order valence-electron chi connectivity index (χ1n) is 7.92. The van der Waals surface area contributed by atoms with Gasteiger partial charge in [0, 0.05) is 23.3 Å². The van der Waals surface area contributed by atoms with E-state index >= 15 is 0 Å². The zero-order chi connectivity index (χ0) is 17.4. The summed E-state index contributed by atoms with van der Waals surface area (Å²) in [5.74, 6) is -1.38. The molecule has 0 spiro atoms. The maximum atomic E-state index is 12.6. The van der Waals surface area contributed by atoms with E-state index in [-0.39, 0.29) is 28.0 Å². The van der Waals surface area contributed by atoms with Crippen molar-refractivity contribution in [3.63, 3.8) is 0 Å². The van der Waals surface area contributed by atoms with Gasteiger partial charge in [0.15, 0.2) is 0 Å². The van der Waals surface area contributed by atoms with Gasteiger partial charge in [0.2, 0.25) is 0 Å². The third-order valence-electron chi connectivity index (χ3n) is 5.04. The zero-order valence-corrected chi connectivity index (χ0v) is 13.7. The third-order valence-corrected chi connectivity index (χ3v) is 5.04. The highest BCUT2D eigenvalue weighted by atomic mass is 16.4. The van der Waals surface area contributed by atoms with Gasteiger partial charge in [0.25, 0.3) is 5.91 Å². The fourth-order valence-corrected chi connectivity index (χ4v) is 3.13. The Morgan fingerprint density at radius 1 is 1.12 bits per heavy atom. The highest BCUT2D eigenvalue weighted by Crippen LogP contribution is 2.51. The van der Waals surface area contributed by atoms with Crippen molar-refractivity contribution in [1.82, 2.24) is 10.3 Å². The highest BCUT2D eigenvalue weighted by Gasteiger charge is 2.56. The van der Waals surface area contributed by atoms with E-state index in [0.29, 0.717) is 0 Å². The van der Waals surface area contributed by atoms with Gasteiger partial charge in [0.05, 0.1) is 11.1 Å². The molecule has 1 heterocycles. The predicted octanol–water partition coefficient (Wildman–Crippen LogP) is 3.02. The van der Waals surface area contributed by atoms with Gasteiger partial charge in [-0.15, -0.1) is 0 Å². The largest absolute Gasteiger partial charge is 0.478 e. The SMILES string of the molecule is CC(C)(c1ccccc1)C1(NC(=O)c2cncc(C(=O)O)c2)CC1. The van der Waals surface area contributed by atoms with Crippen molar-refractivity contribution in [3.8, 4) is 0 Å². The van der Waals surface area contributed by atoms with Crippen LogP contribution in [0.5, 0.6) is 0 Å². The van der Waals surface area contributed by atoms with Crippen molar-refractivity contribution in [2.24, 2.45) is 0 Å². The first-order chi connectivity index (χ1) is 11.4. The second-order valence-electron chi connectivity index (χ2n) is 6.79. The molecule has 0 bridgehead atoms. The second kappa shape index (κ2) is 5.74. The first-order valence-corrected chi connectivity index (χ1v) is 7.92. The monoisotopic (exact) mass is 324 g/mol. The number of benzene rings is 1. The van der Waals surface area contributed by atoms with E-state index in [1.165, 1.54) is 24.0 Å². The fourth-order valence-electron chi connectivity index (χ4n) is 3.13. The number of aromatic carboxylic acids is 1. The van der Waals surface area contributed by atoms with Gasteiger partial charge in [-0.1, -0.05) is 44.2 Å². The number of amides is 1. The Bertz CT molecular complexity index is 780. The minimum absolute atomic E-state index is 0.00909. The summed E-state index contributed by atoms with van der Waals surface area (Å²) >= 11 is 0. The number of nitrogens with zero attached hydrogens (tertiary/aromatic N) is 1. The summed E-state index contributed by atoms with van der Waals surface area (Å²) in [4.78, 5) is 27.5. The number of hydrogen-bond donors (Lipinski definition) is 2. The lowest BCUT2D eigenvalue weighted by atomic mass is 9.75. The molecule has 1 saturated carbocycles. The van der Waals surface area contributed by atoms with Gasteiger partial charge < -0.3 is 10.4 Å². The molecular weight excluding hydrogens is 304 g/mol.